The molecule has 0 bridgehead atoms. The van der Waals surface area contributed by atoms with Gasteiger partial charge < -0.3 is 15.0 Å². The Morgan fingerprint density at radius 2 is 1.73 bits per heavy atom. The van der Waals surface area contributed by atoms with E-state index < -0.39 is 6.04 Å². The van der Waals surface area contributed by atoms with Crippen LogP contribution >= 0.6 is 27.7 Å². The lowest BCUT2D eigenvalue weighted by atomic mass is 10.1. The van der Waals surface area contributed by atoms with Gasteiger partial charge in [0.25, 0.3) is 0 Å². The highest BCUT2D eigenvalue weighted by atomic mass is 79.9. The molecule has 1 aliphatic rings. The minimum atomic E-state index is -0.478. The van der Waals surface area contributed by atoms with Gasteiger partial charge in [0.15, 0.2) is 0 Å². The number of rotatable bonds is 11. The molecule has 3 rings (SSSR count). The van der Waals surface area contributed by atoms with Crippen LogP contribution in [0.1, 0.15) is 50.2 Å². The number of nitrogens with one attached hydrogen (secondary N) is 1. The largest absolute Gasteiger partial charge is 0.497 e. The number of nitrogens with zero attached hydrogens (tertiary/aromatic N) is 1. The SMILES string of the molecule is CC[C@H](C(=O)NC1CCCC1)N(Cc1ccc(OC)cc1)C(=O)CSCc1ccc(Br)cc1. The molecular formula is C26H33BrN2O3S. The zero-order valence-electron chi connectivity index (χ0n) is 19.4. The quantitative estimate of drug-likeness (QED) is 0.411. The Morgan fingerprint density at radius 3 is 2.33 bits per heavy atom. The van der Waals surface area contributed by atoms with Crippen LogP contribution in [0.15, 0.2) is 53.0 Å². The van der Waals surface area contributed by atoms with Gasteiger partial charge in [0.2, 0.25) is 11.8 Å². The van der Waals surface area contributed by atoms with Crippen molar-refractivity contribution in [1.82, 2.24) is 10.2 Å². The van der Waals surface area contributed by atoms with Gasteiger partial charge in [-0.05, 0) is 54.7 Å². The Morgan fingerprint density at radius 1 is 1.09 bits per heavy atom. The van der Waals surface area contributed by atoms with Crippen molar-refractivity contribution < 1.29 is 14.3 Å². The summed E-state index contributed by atoms with van der Waals surface area (Å²) in [6.45, 7) is 2.38. The Hall–Kier alpha value is -1.99. The lowest BCUT2D eigenvalue weighted by Crippen LogP contribution is -2.51. The van der Waals surface area contributed by atoms with Crippen molar-refractivity contribution in [2.75, 3.05) is 12.9 Å². The zero-order valence-corrected chi connectivity index (χ0v) is 21.8. The van der Waals surface area contributed by atoms with E-state index in [1.54, 1.807) is 23.8 Å². The third kappa shape index (κ3) is 7.78. The summed E-state index contributed by atoms with van der Waals surface area (Å²) in [5.41, 5.74) is 2.15. The van der Waals surface area contributed by atoms with Gasteiger partial charge in [-0.3, -0.25) is 9.59 Å². The number of ether oxygens (including phenoxy) is 1. The van der Waals surface area contributed by atoms with E-state index in [4.69, 9.17) is 4.74 Å². The third-order valence-corrected chi connectivity index (χ3v) is 7.52. The van der Waals surface area contributed by atoms with Gasteiger partial charge in [-0.25, -0.2) is 0 Å². The lowest BCUT2D eigenvalue weighted by Gasteiger charge is -2.31. The van der Waals surface area contributed by atoms with Crippen molar-refractivity contribution in [3.05, 3.63) is 64.1 Å². The number of carbonyl (C=O) groups excluding carboxylic acids is 2. The van der Waals surface area contributed by atoms with Crippen molar-refractivity contribution in [2.45, 2.75) is 63.4 Å². The average molecular weight is 534 g/mol. The number of benzene rings is 2. The maximum absolute atomic E-state index is 13.3. The Labute approximate surface area is 209 Å². The van der Waals surface area contributed by atoms with Crippen LogP contribution in [0.2, 0.25) is 0 Å². The topological polar surface area (TPSA) is 58.6 Å². The molecule has 0 aliphatic heterocycles. The second-order valence-electron chi connectivity index (χ2n) is 8.40. The highest BCUT2D eigenvalue weighted by molar-refractivity contribution is 9.10. The molecule has 0 heterocycles. The highest BCUT2D eigenvalue weighted by Crippen LogP contribution is 2.22. The van der Waals surface area contributed by atoms with E-state index >= 15 is 0 Å². The fraction of sp³-hybridized carbons (Fsp3) is 0.462. The fourth-order valence-electron chi connectivity index (χ4n) is 4.13. The molecule has 7 heteroatoms. The first-order chi connectivity index (χ1) is 16.0. The first-order valence-corrected chi connectivity index (χ1v) is 13.5. The van der Waals surface area contributed by atoms with Crippen LogP contribution in [-0.4, -0.2) is 41.7 Å². The van der Waals surface area contributed by atoms with E-state index in [0.29, 0.717) is 18.7 Å². The number of hydrogen-bond donors (Lipinski definition) is 1. The van der Waals surface area contributed by atoms with Crippen molar-refractivity contribution in [2.24, 2.45) is 0 Å². The Bertz CT molecular complexity index is 899. The molecule has 0 saturated heterocycles. The normalized spacial score (nSPS) is 14.6. The van der Waals surface area contributed by atoms with E-state index in [1.807, 2.05) is 43.3 Å². The van der Waals surface area contributed by atoms with Crippen LogP contribution in [0.25, 0.3) is 0 Å². The second-order valence-corrected chi connectivity index (χ2v) is 10.3. The third-order valence-electron chi connectivity index (χ3n) is 6.01. The van der Waals surface area contributed by atoms with E-state index in [2.05, 4.69) is 33.4 Å². The predicted octanol–water partition coefficient (Wildman–Crippen LogP) is 5.56. The van der Waals surface area contributed by atoms with Crippen molar-refractivity contribution in [1.29, 1.82) is 0 Å². The van der Waals surface area contributed by atoms with Crippen LogP contribution in [0, 0.1) is 0 Å². The Kier molecular flexibility index (Phi) is 10.1. The van der Waals surface area contributed by atoms with Gasteiger partial charge >= 0.3 is 0 Å². The molecule has 5 nitrogen and oxygen atoms in total. The molecule has 178 valence electrons. The summed E-state index contributed by atoms with van der Waals surface area (Å²) < 4.78 is 6.29. The average Bonchev–Trinajstić information content (AvgIpc) is 3.33. The van der Waals surface area contributed by atoms with Crippen molar-refractivity contribution in [3.63, 3.8) is 0 Å². The van der Waals surface area contributed by atoms with Crippen LogP contribution in [0.4, 0.5) is 0 Å². The molecule has 1 fully saturated rings. The minimum absolute atomic E-state index is 0.0126. The van der Waals surface area contributed by atoms with Crippen LogP contribution < -0.4 is 10.1 Å². The van der Waals surface area contributed by atoms with E-state index in [-0.39, 0.29) is 17.9 Å². The molecule has 0 aromatic heterocycles. The van der Waals surface area contributed by atoms with Gasteiger partial charge in [-0.15, -0.1) is 11.8 Å². The first-order valence-electron chi connectivity index (χ1n) is 11.5. The molecule has 1 N–H and O–H groups in total. The number of carbonyl (C=O) groups is 2. The van der Waals surface area contributed by atoms with Crippen molar-refractivity contribution in [3.8, 4) is 5.75 Å². The molecule has 0 unspecified atom stereocenters. The van der Waals surface area contributed by atoms with Gasteiger partial charge in [0.1, 0.15) is 11.8 Å². The standard InChI is InChI=1S/C26H33BrN2O3S/c1-3-24(26(31)28-22-6-4-5-7-22)29(16-19-10-14-23(32-2)15-11-19)25(30)18-33-17-20-8-12-21(27)13-9-20/h8-15,22,24H,3-7,16-18H2,1-2H3,(H,28,31)/t24-/m1/s1. The number of hydrogen-bond acceptors (Lipinski definition) is 4. The van der Waals surface area contributed by atoms with E-state index in [0.717, 1.165) is 47.2 Å². The van der Waals surface area contributed by atoms with Crippen LogP contribution in [-0.2, 0) is 21.9 Å². The monoisotopic (exact) mass is 532 g/mol. The smallest absolute Gasteiger partial charge is 0.243 e. The summed E-state index contributed by atoms with van der Waals surface area (Å²) in [5, 5.41) is 3.19. The summed E-state index contributed by atoms with van der Waals surface area (Å²) >= 11 is 5.03. The second kappa shape index (κ2) is 13.0. The molecule has 1 aliphatic carbocycles. The summed E-state index contributed by atoms with van der Waals surface area (Å²) in [5.74, 6) is 1.80. The molecule has 33 heavy (non-hydrogen) atoms. The molecule has 1 atom stereocenters. The van der Waals surface area contributed by atoms with Crippen molar-refractivity contribution >= 4 is 39.5 Å². The van der Waals surface area contributed by atoms with E-state index in [9.17, 15) is 9.59 Å². The van der Waals surface area contributed by atoms with Gasteiger partial charge in [-0.2, -0.15) is 0 Å². The predicted molar refractivity (Wildman–Crippen MR) is 138 cm³/mol. The molecule has 1 saturated carbocycles. The molecule has 0 spiro atoms. The first kappa shape index (κ1) is 25.6. The number of thioether (sulfide) groups is 1. The number of methoxy groups -OCH3 is 1. The van der Waals surface area contributed by atoms with Crippen LogP contribution in [0.3, 0.4) is 0 Å². The summed E-state index contributed by atoms with van der Waals surface area (Å²) in [6.07, 6.45) is 4.94. The fourth-order valence-corrected chi connectivity index (χ4v) is 5.27. The number of halogens is 1. The van der Waals surface area contributed by atoms with Gasteiger partial charge in [-0.1, -0.05) is 60.0 Å². The lowest BCUT2D eigenvalue weighted by molar-refractivity contribution is -0.139. The molecular weight excluding hydrogens is 500 g/mol. The summed E-state index contributed by atoms with van der Waals surface area (Å²) in [6, 6.07) is 15.6. The maximum atomic E-state index is 13.3. The minimum Gasteiger partial charge on any atom is -0.497 e. The van der Waals surface area contributed by atoms with Crippen LogP contribution in [0.5, 0.6) is 5.75 Å². The summed E-state index contributed by atoms with van der Waals surface area (Å²) in [7, 11) is 1.63. The van der Waals surface area contributed by atoms with Gasteiger partial charge in [0.05, 0.1) is 12.9 Å². The molecule has 2 aromatic carbocycles. The molecule has 2 amide bonds. The molecule has 2 aromatic rings. The zero-order chi connectivity index (χ0) is 23.6. The summed E-state index contributed by atoms with van der Waals surface area (Å²) in [4.78, 5) is 28.3. The molecule has 0 radical (unpaired) electrons. The number of amides is 2. The van der Waals surface area contributed by atoms with Gasteiger partial charge in [0, 0.05) is 22.8 Å². The van der Waals surface area contributed by atoms with E-state index in [1.165, 1.54) is 5.56 Å². The highest BCUT2D eigenvalue weighted by Gasteiger charge is 2.30. The maximum Gasteiger partial charge on any atom is 0.243 e. The Balaban J connectivity index is 1.69.